The molecule has 1 aromatic rings. The molecule has 0 fully saturated rings. The highest BCUT2D eigenvalue weighted by molar-refractivity contribution is 8.14. The van der Waals surface area contributed by atoms with Gasteiger partial charge in [0.05, 0.1) is 5.56 Å². The molecule has 3 nitrogen and oxygen atoms in total. The number of thioether (sulfide) groups is 1. The van der Waals surface area contributed by atoms with Gasteiger partial charge in [-0.1, -0.05) is 31.2 Å². The molecule has 0 aromatic heterocycles. The molecular weight excluding hydrogens is 273 g/mol. The van der Waals surface area contributed by atoms with Gasteiger partial charge in [-0.25, -0.2) is 4.39 Å². The summed E-state index contributed by atoms with van der Waals surface area (Å²) >= 11 is 1.56. The Morgan fingerprint density at radius 1 is 1.45 bits per heavy atom. The summed E-state index contributed by atoms with van der Waals surface area (Å²) in [6.45, 7) is 4.64. The number of aliphatic imine (C=N–C) groups is 2. The number of fused-ring (bicyclic) bond motifs is 3. The lowest BCUT2D eigenvalue weighted by Gasteiger charge is -2.34. The molecule has 0 unspecified atom stereocenters. The predicted octanol–water partition coefficient (Wildman–Crippen LogP) is 3.54. The number of unbranched alkanes of at least 4 members (excludes halogenated alkanes) is 1. The molecule has 0 atom stereocenters. The molecular formula is C15H18FN3S. The third-order valence-electron chi connectivity index (χ3n) is 3.45. The topological polar surface area (TPSA) is 28.0 Å². The molecule has 0 saturated heterocycles. The Labute approximate surface area is 123 Å². The first-order valence-electron chi connectivity index (χ1n) is 7.14. The molecule has 1 aromatic carbocycles. The van der Waals surface area contributed by atoms with E-state index in [2.05, 4.69) is 21.8 Å². The number of halogens is 1. The largest absolute Gasteiger partial charge is 0.305 e. The van der Waals surface area contributed by atoms with Crippen LogP contribution in [0.3, 0.4) is 0 Å². The van der Waals surface area contributed by atoms with Crippen LogP contribution in [0.2, 0.25) is 0 Å². The lowest BCUT2D eigenvalue weighted by atomic mass is 10.1. The van der Waals surface area contributed by atoms with E-state index in [1.165, 1.54) is 6.07 Å². The zero-order valence-corrected chi connectivity index (χ0v) is 12.4. The highest BCUT2D eigenvalue weighted by Crippen LogP contribution is 2.35. The molecule has 0 radical (unpaired) electrons. The van der Waals surface area contributed by atoms with Crippen LogP contribution in [0.25, 0.3) is 0 Å². The van der Waals surface area contributed by atoms with Crippen molar-refractivity contribution in [3.63, 3.8) is 0 Å². The van der Waals surface area contributed by atoms with Crippen LogP contribution in [0.1, 0.15) is 31.7 Å². The van der Waals surface area contributed by atoms with Crippen molar-refractivity contribution >= 4 is 22.8 Å². The van der Waals surface area contributed by atoms with Crippen LogP contribution in [0.15, 0.2) is 33.1 Å². The van der Waals surface area contributed by atoms with Gasteiger partial charge in [0.2, 0.25) is 0 Å². The first-order valence-corrected chi connectivity index (χ1v) is 7.96. The summed E-state index contributed by atoms with van der Waals surface area (Å²) < 4.78 is 14.1. The number of rotatable bonds is 3. The minimum atomic E-state index is -0.187. The molecule has 2 aliphatic rings. The van der Waals surface area contributed by atoms with E-state index in [1.54, 1.807) is 17.8 Å². The Kier molecular flexibility index (Phi) is 4.05. The van der Waals surface area contributed by atoms with Gasteiger partial charge in [-0.3, -0.25) is 9.98 Å². The molecule has 0 N–H and O–H groups in total. The SMILES string of the molecule is CCCCN=C1Sc2cccc(F)c2C2=NCCCN12. The average Bonchev–Trinajstić information content (AvgIpc) is 2.47. The van der Waals surface area contributed by atoms with Crippen molar-refractivity contribution in [2.75, 3.05) is 19.6 Å². The van der Waals surface area contributed by atoms with Crippen molar-refractivity contribution in [3.8, 4) is 0 Å². The second-order valence-corrected chi connectivity index (χ2v) is 5.95. The Morgan fingerprint density at radius 3 is 3.20 bits per heavy atom. The first kappa shape index (κ1) is 13.6. The number of benzene rings is 1. The average molecular weight is 291 g/mol. The van der Waals surface area contributed by atoms with E-state index < -0.39 is 0 Å². The summed E-state index contributed by atoms with van der Waals surface area (Å²) in [6, 6.07) is 5.21. The maximum absolute atomic E-state index is 14.1. The van der Waals surface area contributed by atoms with E-state index in [4.69, 9.17) is 0 Å². The van der Waals surface area contributed by atoms with E-state index in [0.29, 0.717) is 5.56 Å². The zero-order chi connectivity index (χ0) is 13.9. The van der Waals surface area contributed by atoms with Crippen molar-refractivity contribution in [1.82, 2.24) is 4.90 Å². The van der Waals surface area contributed by atoms with Gasteiger partial charge < -0.3 is 4.90 Å². The number of nitrogens with zero attached hydrogens (tertiary/aromatic N) is 3. The summed E-state index contributed by atoms with van der Waals surface area (Å²) in [5.74, 6) is 0.576. The van der Waals surface area contributed by atoms with Crippen LogP contribution in [-0.2, 0) is 0 Å². The van der Waals surface area contributed by atoms with Gasteiger partial charge in [-0.2, -0.15) is 0 Å². The maximum atomic E-state index is 14.1. The minimum Gasteiger partial charge on any atom is -0.305 e. The van der Waals surface area contributed by atoms with Crippen LogP contribution in [0, 0.1) is 5.82 Å². The van der Waals surface area contributed by atoms with Crippen molar-refractivity contribution in [3.05, 3.63) is 29.6 Å². The number of hydrogen-bond donors (Lipinski definition) is 0. The highest BCUT2D eigenvalue weighted by atomic mass is 32.2. The third kappa shape index (κ3) is 2.46. The van der Waals surface area contributed by atoms with Gasteiger partial charge in [0.25, 0.3) is 0 Å². The Hall–Kier alpha value is -1.36. The lowest BCUT2D eigenvalue weighted by molar-refractivity contribution is 0.542. The monoisotopic (exact) mass is 291 g/mol. The minimum absolute atomic E-state index is 0.187. The summed E-state index contributed by atoms with van der Waals surface area (Å²) in [4.78, 5) is 12.2. The Morgan fingerprint density at radius 2 is 2.35 bits per heavy atom. The van der Waals surface area contributed by atoms with Crippen molar-refractivity contribution in [2.24, 2.45) is 9.98 Å². The molecule has 0 spiro atoms. The van der Waals surface area contributed by atoms with Gasteiger partial charge >= 0.3 is 0 Å². The summed E-state index contributed by atoms with van der Waals surface area (Å²) in [5.41, 5.74) is 0.645. The second-order valence-electron chi connectivity index (χ2n) is 4.94. The molecule has 5 heteroatoms. The first-order chi connectivity index (χ1) is 9.81. The standard InChI is InChI=1S/C15H18FN3S/c1-2-3-8-18-15-19-10-5-9-17-14(19)13-11(16)6-4-7-12(13)20-15/h4,6-7H,2-3,5,8-10H2,1H3. The van der Waals surface area contributed by atoms with Gasteiger partial charge in [-0.15, -0.1) is 0 Å². The molecule has 3 rings (SSSR count). The van der Waals surface area contributed by atoms with E-state index in [0.717, 1.165) is 54.8 Å². The highest BCUT2D eigenvalue weighted by Gasteiger charge is 2.31. The number of amidine groups is 2. The normalized spacial score (nSPS) is 19.6. The summed E-state index contributed by atoms with van der Waals surface area (Å²) in [7, 11) is 0. The lowest BCUT2D eigenvalue weighted by Crippen LogP contribution is -2.43. The van der Waals surface area contributed by atoms with Crippen LogP contribution in [0.4, 0.5) is 4.39 Å². The van der Waals surface area contributed by atoms with E-state index in [-0.39, 0.29) is 5.82 Å². The van der Waals surface area contributed by atoms with Crippen LogP contribution >= 0.6 is 11.8 Å². The molecule has 0 amide bonds. The predicted molar refractivity (Wildman–Crippen MR) is 82.2 cm³/mol. The van der Waals surface area contributed by atoms with Crippen LogP contribution in [-0.4, -0.2) is 35.5 Å². The third-order valence-corrected chi connectivity index (χ3v) is 4.54. The summed E-state index contributed by atoms with van der Waals surface area (Å²) in [5, 5.41) is 0.968. The van der Waals surface area contributed by atoms with Crippen molar-refractivity contribution < 1.29 is 4.39 Å². The fourth-order valence-corrected chi connectivity index (χ4v) is 3.49. The fourth-order valence-electron chi connectivity index (χ4n) is 2.42. The summed E-state index contributed by atoms with van der Waals surface area (Å²) in [6.07, 6.45) is 3.22. The van der Waals surface area contributed by atoms with Crippen molar-refractivity contribution in [1.29, 1.82) is 0 Å². The smallest absolute Gasteiger partial charge is 0.169 e. The fraction of sp³-hybridized carbons (Fsp3) is 0.467. The molecule has 0 saturated carbocycles. The molecule has 0 bridgehead atoms. The molecule has 106 valence electrons. The van der Waals surface area contributed by atoms with Crippen LogP contribution < -0.4 is 0 Å². The van der Waals surface area contributed by atoms with Gasteiger partial charge in [0.1, 0.15) is 11.7 Å². The molecule has 2 heterocycles. The Balaban J connectivity index is 2.01. The van der Waals surface area contributed by atoms with Gasteiger partial charge in [-0.05, 0) is 25.0 Å². The second kappa shape index (κ2) is 5.95. The number of hydrogen-bond acceptors (Lipinski definition) is 3. The molecule has 2 aliphatic heterocycles. The van der Waals surface area contributed by atoms with E-state index in [1.807, 2.05) is 6.07 Å². The van der Waals surface area contributed by atoms with E-state index >= 15 is 0 Å². The Bertz CT molecular complexity index is 568. The quantitative estimate of drug-likeness (QED) is 0.797. The van der Waals surface area contributed by atoms with Gasteiger partial charge in [0.15, 0.2) is 5.17 Å². The van der Waals surface area contributed by atoms with Crippen LogP contribution in [0.5, 0.6) is 0 Å². The zero-order valence-electron chi connectivity index (χ0n) is 11.6. The molecule has 20 heavy (non-hydrogen) atoms. The van der Waals surface area contributed by atoms with Crippen molar-refractivity contribution in [2.45, 2.75) is 31.1 Å². The molecule has 0 aliphatic carbocycles. The van der Waals surface area contributed by atoms with Gasteiger partial charge in [0, 0.05) is 24.5 Å². The maximum Gasteiger partial charge on any atom is 0.169 e. The van der Waals surface area contributed by atoms with E-state index in [9.17, 15) is 4.39 Å².